The molecule has 0 spiro atoms. The average molecular weight is 357 g/mol. The summed E-state index contributed by atoms with van der Waals surface area (Å²) in [5, 5.41) is 2.95. The van der Waals surface area contributed by atoms with Crippen molar-refractivity contribution in [1.82, 2.24) is 9.88 Å². The van der Waals surface area contributed by atoms with Crippen LogP contribution in [-0.4, -0.2) is 42.1 Å². The molecule has 1 fully saturated rings. The van der Waals surface area contributed by atoms with Gasteiger partial charge < -0.3 is 19.4 Å². The molecule has 3 rings (SSSR count). The minimum absolute atomic E-state index is 0.100. The standard InChI is InChI=1S/C19H23N3O4/c1-12-6-7-15(9-16(12)18-20-13(2)11-26-18)21-17(23)14-5-4-8-22(10-14)19(24)25-3/h6-7,9,11,14H,4-5,8,10H2,1-3H3,(H,21,23). The Balaban J connectivity index is 1.72. The molecule has 26 heavy (non-hydrogen) atoms. The van der Waals surface area contributed by atoms with Gasteiger partial charge in [-0.1, -0.05) is 6.07 Å². The van der Waals surface area contributed by atoms with Crippen molar-refractivity contribution in [3.05, 3.63) is 35.7 Å². The lowest BCUT2D eigenvalue weighted by Crippen LogP contribution is -2.43. The van der Waals surface area contributed by atoms with Gasteiger partial charge in [0.1, 0.15) is 6.26 Å². The number of carbonyl (C=O) groups excluding carboxylic acids is 2. The zero-order valence-corrected chi connectivity index (χ0v) is 15.2. The number of oxazole rings is 1. The molecule has 2 amide bonds. The fourth-order valence-electron chi connectivity index (χ4n) is 3.14. The number of nitrogens with one attached hydrogen (secondary N) is 1. The third-order valence-electron chi connectivity index (χ3n) is 4.58. The van der Waals surface area contributed by atoms with Crippen LogP contribution in [0.1, 0.15) is 24.1 Å². The van der Waals surface area contributed by atoms with Crippen molar-refractivity contribution in [1.29, 1.82) is 0 Å². The highest BCUT2D eigenvalue weighted by Gasteiger charge is 2.29. The van der Waals surface area contributed by atoms with Crippen molar-refractivity contribution in [2.24, 2.45) is 5.92 Å². The molecule has 0 radical (unpaired) electrons. The van der Waals surface area contributed by atoms with Crippen LogP contribution in [0.15, 0.2) is 28.9 Å². The molecule has 138 valence electrons. The molecule has 2 aromatic rings. The van der Waals surface area contributed by atoms with Crippen molar-refractivity contribution in [2.45, 2.75) is 26.7 Å². The molecule has 1 aromatic heterocycles. The predicted molar refractivity (Wildman–Crippen MR) is 96.7 cm³/mol. The van der Waals surface area contributed by atoms with E-state index in [1.165, 1.54) is 7.11 Å². The Morgan fingerprint density at radius 3 is 2.85 bits per heavy atom. The number of ether oxygens (including phenoxy) is 1. The first-order valence-electron chi connectivity index (χ1n) is 8.65. The van der Waals surface area contributed by atoms with E-state index in [1.54, 1.807) is 11.2 Å². The molecule has 1 unspecified atom stereocenters. The first kappa shape index (κ1) is 18.0. The molecule has 7 heteroatoms. The van der Waals surface area contributed by atoms with Gasteiger partial charge in [0.25, 0.3) is 0 Å². The van der Waals surface area contributed by atoms with Crippen LogP contribution in [0.4, 0.5) is 10.5 Å². The SMILES string of the molecule is COC(=O)N1CCCC(C(=O)Nc2ccc(C)c(-c3nc(C)co3)c2)C1. The molecule has 1 atom stereocenters. The molecular formula is C19H23N3O4. The van der Waals surface area contributed by atoms with Crippen molar-refractivity contribution in [3.63, 3.8) is 0 Å². The predicted octanol–water partition coefficient (Wildman–Crippen LogP) is 3.38. The number of carbonyl (C=O) groups is 2. The summed E-state index contributed by atoms with van der Waals surface area (Å²) in [5.74, 6) is 0.180. The lowest BCUT2D eigenvalue weighted by Gasteiger charge is -2.30. The second kappa shape index (κ2) is 7.59. The van der Waals surface area contributed by atoms with E-state index in [0.29, 0.717) is 24.7 Å². The van der Waals surface area contributed by atoms with Crippen molar-refractivity contribution in [3.8, 4) is 11.5 Å². The van der Waals surface area contributed by atoms with Gasteiger partial charge in [0.15, 0.2) is 0 Å². The molecule has 2 heterocycles. The molecule has 1 saturated heterocycles. The summed E-state index contributed by atoms with van der Waals surface area (Å²) >= 11 is 0. The van der Waals surface area contributed by atoms with Crippen LogP contribution >= 0.6 is 0 Å². The Bertz CT molecular complexity index is 815. The van der Waals surface area contributed by atoms with Crippen molar-refractivity contribution in [2.75, 3.05) is 25.5 Å². The minimum atomic E-state index is -0.389. The van der Waals surface area contributed by atoms with Gasteiger partial charge in [-0.15, -0.1) is 0 Å². The van der Waals surface area contributed by atoms with E-state index in [-0.39, 0.29) is 17.9 Å². The van der Waals surface area contributed by atoms with Gasteiger partial charge in [0, 0.05) is 24.3 Å². The molecule has 1 aliphatic rings. The fourth-order valence-corrected chi connectivity index (χ4v) is 3.14. The zero-order valence-electron chi connectivity index (χ0n) is 15.2. The van der Waals surface area contributed by atoms with E-state index in [9.17, 15) is 9.59 Å². The number of benzene rings is 1. The van der Waals surface area contributed by atoms with Gasteiger partial charge in [0.2, 0.25) is 11.8 Å². The molecule has 1 aromatic carbocycles. The summed E-state index contributed by atoms with van der Waals surface area (Å²) < 4.78 is 10.2. The third kappa shape index (κ3) is 3.87. The molecule has 0 aliphatic carbocycles. The van der Waals surface area contributed by atoms with E-state index in [1.807, 2.05) is 32.0 Å². The topological polar surface area (TPSA) is 84.7 Å². The number of aryl methyl sites for hydroxylation is 2. The Morgan fingerprint density at radius 1 is 1.35 bits per heavy atom. The maximum atomic E-state index is 12.6. The Kier molecular flexibility index (Phi) is 5.25. The average Bonchev–Trinajstić information content (AvgIpc) is 3.08. The molecule has 7 nitrogen and oxygen atoms in total. The lowest BCUT2D eigenvalue weighted by atomic mass is 9.97. The summed E-state index contributed by atoms with van der Waals surface area (Å²) in [4.78, 5) is 30.2. The Morgan fingerprint density at radius 2 is 2.15 bits per heavy atom. The number of amides is 2. The molecule has 0 bridgehead atoms. The summed E-state index contributed by atoms with van der Waals surface area (Å²) in [6.45, 7) is 4.82. The minimum Gasteiger partial charge on any atom is -0.453 e. The van der Waals surface area contributed by atoms with E-state index in [2.05, 4.69) is 10.3 Å². The number of anilines is 1. The van der Waals surface area contributed by atoms with E-state index >= 15 is 0 Å². The van der Waals surface area contributed by atoms with Gasteiger partial charge in [0.05, 0.1) is 18.7 Å². The first-order chi connectivity index (χ1) is 12.5. The number of aromatic nitrogens is 1. The van der Waals surface area contributed by atoms with Crippen LogP contribution in [-0.2, 0) is 9.53 Å². The monoisotopic (exact) mass is 357 g/mol. The molecule has 1 N–H and O–H groups in total. The second-order valence-electron chi connectivity index (χ2n) is 6.57. The molecule has 0 saturated carbocycles. The molecule has 1 aliphatic heterocycles. The summed E-state index contributed by atoms with van der Waals surface area (Å²) in [6.07, 6.45) is 2.74. The highest BCUT2D eigenvalue weighted by molar-refractivity contribution is 5.93. The van der Waals surface area contributed by atoms with Gasteiger partial charge in [-0.3, -0.25) is 4.79 Å². The highest BCUT2D eigenvalue weighted by Crippen LogP contribution is 2.27. The number of hydrogen-bond donors (Lipinski definition) is 1. The summed E-state index contributed by atoms with van der Waals surface area (Å²) in [7, 11) is 1.35. The number of nitrogens with zero attached hydrogens (tertiary/aromatic N) is 2. The largest absolute Gasteiger partial charge is 0.453 e. The first-order valence-corrected chi connectivity index (χ1v) is 8.65. The quantitative estimate of drug-likeness (QED) is 0.910. The van der Waals surface area contributed by atoms with E-state index in [4.69, 9.17) is 9.15 Å². The number of hydrogen-bond acceptors (Lipinski definition) is 5. The number of likely N-dealkylation sites (tertiary alicyclic amines) is 1. The number of piperidine rings is 1. The Hall–Kier alpha value is -2.83. The van der Waals surface area contributed by atoms with Crippen molar-refractivity contribution < 1.29 is 18.7 Å². The molecular weight excluding hydrogens is 334 g/mol. The van der Waals surface area contributed by atoms with Crippen LogP contribution in [0, 0.1) is 19.8 Å². The normalized spacial score (nSPS) is 17.0. The van der Waals surface area contributed by atoms with Crippen LogP contribution < -0.4 is 5.32 Å². The van der Waals surface area contributed by atoms with E-state index < -0.39 is 0 Å². The van der Waals surface area contributed by atoms with Crippen molar-refractivity contribution >= 4 is 17.7 Å². The maximum Gasteiger partial charge on any atom is 0.409 e. The van der Waals surface area contributed by atoms with E-state index in [0.717, 1.165) is 29.7 Å². The van der Waals surface area contributed by atoms with Gasteiger partial charge in [-0.2, -0.15) is 0 Å². The van der Waals surface area contributed by atoms with Gasteiger partial charge >= 0.3 is 6.09 Å². The number of rotatable bonds is 3. The summed E-state index contributed by atoms with van der Waals surface area (Å²) in [5.41, 5.74) is 3.34. The Labute approximate surface area is 152 Å². The van der Waals surface area contributed by atoms with Crippen LogP contribution in [0.3, 0.4) is 0 Å². The highest BCUT2D eigenvalue weighted by atomic mass is 16.5. The second-order valence-corrected chi connectivity index (χ2v) is 6.57. The maximum absolute atomic E-state index is 12.6. The fraction of sp³-hybridized carbons (Fsp3) is 0.421. The number of methoxy groups -OCH3 is 1. The zero-order chi connectivity index (χ0) is 18.7. The lowest BCUT2D eigenvalue weighted by molar-refractivity contribution is -0.121. The summed E-state index contributed by atoms with van der Waals surface area (Å²) in [6, 6.07) is 5.64. The van der Waals surface area contributed by atoms with Gasteiger partial charge in [-0.05, 0) is 44.4 Å². The van der Waals surface area contributed by atoms with Gasteiger partial charge in [-0.25, -0.2) is 9.78 Å². The van der Waals surface area contributed by atoms with Crippen LogP contribution in [0.25, 0.3) is 11.5 Å². The van der Waals surface area contributed by atoms with Crippen LogP contribution in [0.5, 0.6) is 0 Å². The van der Waals surface area contributed by atoms with Crippen LogP contribution in [0.2, 0.25) is 0 Å². The smallest absolute Gasteiger partial charge is 0.409 e. The third-order valence-corrected chi connectivity index (χ3v) is 4.58.